The summed E-state index contributed by atoms with van der Waals surface area (Å²) in [6.07, 6.45) is 0.795. The van der Waals surface area contributed by atoms with Gasteiger partial charge < -0.3 is 5.32 Å². The molecule has 1 nitrogen and oxygen atoms in total. The summed E-state index contributed by atoms with van der Waals surface area (Å²) in [7, 11) is 0. The Balaban J connectivity index is 1.98. The van der Waals surface area contributed by atoms with Gasteiger partial charge in [0.05, 0.1) is 11.7 Å². The minimum Gasteiger partial charge on any atom is -0.375 e. The summed E-state index contributed by atoms with van der Waals surface area (Å²) in [6.45, 7) is 4.21. The SMILES string of the molecule is Cc1cc(C2Cc3cc(Cl)cc(F)c3N2)c(C)s1. The maximum absolute atomic E-state index is 13.8. The first-order valence-corrected chi connectivity index (χ1v) is 7.05. The van der Waals surface area contributed by atoms with Gasteiger partial charge in [-0.3, -0.25) is 0 Å². The monoisotopic (exact) mass is 281 g/mol. The first-order chi connectivity index (χ1) is 8.54. The number of aryl methyl sites for hydroxylation is 2. The van der Waals surface area contributed by atoms with Crippen LogP contribution in [0.25, 0.3) is 0 Å². The summed E-state index contributed by atoms with van der Waals surface area (Å²) in [5, 5.41) is 3.74. The molecule has 1 aromatic carbocycles. The van der Waals surface area contributed by atoms with E-state index in [9.17, 15) is 4.39 Å². The van der Waals surface area contributed by atoms with Crippen LogP contribution in [0.1, 0.15) is 26.9 Å². The van der Waals surface area contributed by atoms with Crippen LogP contribution < -0.4 is 5.32 Å². The van der Waals surface area contributed by atoms with Crippen LogP contribution in [0, 0.1) is 19.7 Å². The maximum atomic E-state index is 13.8. The van der Waals surface area contributed by atoms with Gasteiger partial charge in [-0.1, -0.05) is 11.6 Å². The van der Waals surface area contributed by atoms with Gasteiger partial charge in [-0.15, -0.1) is 11.3 Å². The standard InChI is InChI=1S/C14H13ClFNS/c1-7-3-11(8(2)18-7)13-5-9-4-10(15)6-12(16)14(9)17-13/h3-4,6,13,17H,5H2,1-2H3. The van der Waals surface area contributed by atoms with Crippen molar-refractivity contribution in [1.29, 1.82) is 0 Å². The van der Waals surface area contributed by atoms with E-state index in [-0.39, 0.29) is 11.9 Å². The predicted octanol–water partition coefficient (Wildman–Crippen LogP) is 4.87. The summed E-state index contributed by atoms with van der Waals surface area (Å²) >= 11 is 7.67. The second-order valence-electron chi connectivity index (χ2n) is 4.69. The molecule has 0 radical (unpaired) electrons. The predicted molar refractivity (Wildman–Crippen MR) is 75.3 cm³/mol. The topological polar surface area (TPSA) is 12.0 Å². The Morgan fingerprint density at radius 1 is 1.33 bits per heavy atom. The van der Waals surface area contributed by atoms with Gasteiger partial charge in [0.1, 0.15) is 5.82 Å². The van der Waals surface area contributed by atoms with Crippen molar-refractivity contribution in [2.45, 2.75) is 26.3 Å². The van der Waals surface area contributed by atoms with Crippen LogP contribution in [0.3, 0.4) is 0 Å². The van der Waals surface area contributed by atoms with Crippen molar-refractivity contribution in [2.75, 3.05) is 5.32 Å². The maximum Gasteiger partial charge on any atom is 0.148 e. The molecule has 2 aromatic rings. The molecule has 1 aromatic heterocycles. The fourth-order valence-corrected chi connectivity index (χ4v) is 3.79. The van der Waals surface area contributed by atoms with Crippen molar-refractivity contribution in [3.05, 3.63) is 49.9 Å². The third-order valence-electron chi connectivity index (χ3n) is 3.33. The number of hydrogen-bond acceptors (Lipinski definition) is 2. The van der Waals surface area contributed by atoms with Crippen LogP contribution in [0.5, 0.6) is 0 Å². The lowest BCUT2D eigenvalue weighted by Gasteiger charge is -2.11. The number of halogens is 2. The Morgan fingerprint density at radius 3 is 2.78 bits per heavy atom. The molecule has 4 heteroatoms. The number of anilines is 1. The number of hydrogen-bond donors (Lipinski definition) is 1. The lowest BCUT2D eigenvalue weighted by Crippen LogP contribution is -2.06. The highest BCUT2D eigenvalue weighted by Crippen LogP contribution is 2.40. The van der Waals surface area contributed by atoms with E-state index in [1.165, 1.54) is 21.4 Å². The fraction of sp³-hybridized carbons (Fsp3) is 0.286. The summed E-state index contributed by atoms with van der Waals surface area (Å²) < 4.78 is 13.8. The first-order valence-electron chi connectivity index (χ1n) is 5.86. The zero-order valence-corrected chi connectivity index (χ0v) is 11.8. The molecule has 0 saturated carbocycles. The lowest BCUT2D eigenvalue weighted by molar-refractivity contribution is 0.631. The molecule has 1 aliphatic heterocycles. The molecule has 0 fully saturated rings. The van der Waals surface area contributed by atoms with E-state index in [2.05, 4.69) is 25.2 Å². The minimum absolute atomic E-state index is 0.165. The van der Waals surface area contributed by atoms with E-state index in [1.807, 2.05) is 6.07 Å². The average Bonchev–Trinajstić information content (AvgIpc) is 2.81. The van der Waals surface area contributed by atoms with Crippen LogP contribution in [0.4, 0.5) is 10.1 Å². The van der Waals surface area contributed by atoms with Gasteiger partial charge >= 0.3 is 0 Å². The van der Waals surface area contributed by atoms with E-state index < -0.39 is 0 Å². The molecule has 0 saturated heterocycles. The normalized spacial score (nSPS) is 17.7. The molecule has 0 aliphatic carbocycles. The van der Waals surface area contributed by atoms with E-state index in [1.54, 1.807) is 11.3 Å². The van der Waals surface area contributed by atoms with Crippen LogP contribution in [-0.4, -0.2) is 0 Å². The van der Waals surface area contributed by atoms with Crippen molar-refractivity contribution in [3.63, 3.8) is 0 Å². The Labute approximate surface area is 115 Å². The molecular formula is C14H13ClFNS. The Hall–Kier alpha value is -1.06. The molecule has 0 spiro atoms. The average molecular weight is 282 g/mol. The molecule has 94 valence electrons. The molecule has 18 heavy (non-hydrogen) atoms. The Bertz CT molecular complexity index is 620. The number of nitrogens with one attached hydrogen (secondary N) is 1. The van der Waals surface area contributed by atoms with Gasteiger partial charge in [0.15, 0.2) is 0 Å². The first kappa shape index (κ1) is 12.0. The van der Waals surface area contributed by atoms with Crippen LogP contribution in [0.15, 0.2) is 18.2 Å². The van der Waals surface area contributed by atoms with Gasteiger partial charge in [0.2, 0.25) is 0 Å². The summed E-state index contributed by atoms with van der Waals surface area (Å²) in [6, 6.07) is 5.56. The van der Waals surface area contributed by atoms with Crippen molar-refractivity contribution >= 4 is 28.6 Å². The Morgan fingerprint density at radius 2 is 2.11 bits per heavy atom. The van der Waals surface area contributed by atoms with E-state index in [0.717, 1.165) is 12.0 Å². The molecular weight excluding hydrogens is 269 g/mol. The van der Waals surface area contributed by atoms with Crippen molar-refractivity contribution in [2.24, 2.45) is 0 Å². The van der Waals surface area contributed by atoms with Crippen LogP contribution in [0.2, 0.25) is 5.02 Å². The van der Waals surface area contributed by atoms with Crippen molar-refractivity contribution in [1.82, 2.24) is 0 Å². The lowest BCUT2D eigenvalue weighted by atomic mass is 10.0. The van der Waals surface area contributed by atoms with E-state index in [0.29, 0.717) is 10.7 Å². The number of thiophene rings is 1. The zero-order valence-electron chi connectivity index (χ0n) is 10.2. The molecule has 0 bridgehead atoms. The summed E-state index contributed by atoms with van der Waals surface area (Å²) in [5.41, 5.74) is 2.84. The second-order valence-corrected chi connectivity index (χ2v) is 6.59. The smallest absolute Gasteiger partial charge is 0.148 e. The highest BCUT2D eigenvalue weighted by atomic mass is 35.5. The molecule has 1 aliphatic rings. The molecule has 1 N–H and O–H groups in total. The van der Waals surface area contributed by atoms with Crippen LogP contribution in [-0.2, 0) is 6.42 Å². The van der Waals surface area contributed by atoms with Crippen molar-refractivity contribution < 1.29 is 4.39 Å². The van der Waals surface area contributed by atoms with Crippen LogP contribution >= 0.6 is 22.9 Å². The summed E-state index contributed by atoms with van der Waals surface area (Å²) in [5.74, 6) is -0.260. The fourth-order valence-electron chi connectivity index (χ4n) is 2.58. The quantitative estimate of drug-likeness (QED) is 0.786. The Kier molecular flexibility index (Phi) is 2.83. The molecule has 0 amide bonds. The van der Waals surface area contributed by atoms with E-state index in [4.69, 9.17) is 11.6 Å². The van der Waals surface area contributed by atoms with E-state index >= 15 is 0 Å². The minimum atomic E-state index is -0.260. The highest BCUT2D eigenvalue weighted by molar-refractivity contribution is 7.12. The largest absolute Gasteiger partial charge is 0.375 e. The number of fused-ring (bicyclic) bond motifs is 1. The highest BCUT2D eigenvalue weighted by Gasteiger charge is 2.27. The number of benzene rings is 1. The molecule has 1 atom stereocenters. The molecule has 1 unspecified atom stereocenters. The van der Waals surface area contributed by atoms with Gasteiger partial charge in [0.25, 0.3) is 0 Å². The molecule has 3 rings (SSSR count). The third kappa shape index (κ3) is 1.91. The zero-order chi connectivity index (χ0) is 12.9. The van der Waals surface area contributed by atoms with Gasteiger partial charge in [-0.2, -0.15) is 0 Å². The third-order valence-corrected chi connectivity index (χ3v) is 4.53. The van der Waals surface area contributed by atoms with Gasteiger partial charge in [-0.25, -0.2) is 4.39 Å². The van der Waals surface area contributed by atoms with Gasteiger partial charge in [0, 0.05) is 14.8 Å². The van der Waals surface area contributed by atoms with Crippen molar-refractivity contribution in [3.8, 4) is 0 Å². The second kappa shape index (κ2) is 4.25. The number of rotatable bonds is 1. The summed E-state index contributed by atoms with van der Waals surface area (Å²) in [4.78, 5) is 2.59. The van der Waals surface area contributed by atoms with Gasteiger partial charge in [-0.05, 0) is 49.6 Å². The molecule has 2 heterocycles.